The fourth-order valence-electron chi connectivity index (χ4n) is 8.56. The SMILES string of the molecule is Cc1c(CN2CCN(C(=O)c3ccc(C(F)(F)F)cc3)CC2)ccc(OCCCN(C)C)c1C.Cc1c(OCCCN(C)C)ccc([C@@H](C)N2CCN(C(=O)c3ccc(C(F)(F)F)cc3)CC2)c1C. The molecule has 4 aromatic rings. The number of carbonyl (C=O) groups excluding carboxylic acids is 2. The van der Waals surface area contributed by atoms with E-state index in [4.69, 9.17) is 9.47 Å². The van der Waals surface area contributed by atoms with Gasteiger partial charge in [0.1, 0.15) is 11.5 Å². The average molecular weight is 969 g/mol. The van der Waals surface area contributed by atoms with Crippen molar-refractivity contribution in [2.75, 3.05) is 107 Å². The Morgan fingerprint density at radius 2 is 0.957 bits per heavy atom. The summed E-state index contributed by atoms with van der Waals surface area (Å²) >= 11 is 0. The number of halogens is 6. The molecule has 16 heteroatoms. The lowest BCUT2D eigenvalue weighted by atomic mass is 9.96. The molecule has 2 aliphatic rings. The van der Waals surface area contributed by atoms with Gasteiger partial charge in [0.15, 0.2) is 0 Å². The Labute approximate surface area is 404 Å². The molecule has 2 saturated heterocycles. The van der Waals surface area contributed by atoms with Gasteiger partial charge in [-0.15, -0.1) is 0 Å². The van der Waals surface area contributed by atoms with Crippen LogP contribution in [0.15, 0.2) is 72.8 Å². The predicted molar refractivity (Wildman–Crippen MR) is 259 cm³/mol. The van der Waals surface area contributed by atoms with Gasteiger partial charge in [-0.3, -0.25) is 19.4 Å². The lowest BCUT2D eigenvalue weighted by Gasteiger charge is -2.39. The summed E-state index contributed by atoms with van der Waals surface area (Å²) in [6.07, 6.45) is -6.86. The molecule has 0 aliphatic carbocycles. The third kappa shape index (κ3) is 15.4. The van der Waals surface area contributed by atoms with Crippen molar-refractivity contribution < 1.29 is 45.4 Å². The Kier molecular flexibility index (Phi) is 19.5. The first-order chi connectivity index (χ1) is 32.5. The maximum Gasteiger partial charge on any atom is 0.416 e. The number of piperazine rings is 2. The first-order valence-corrected chi connectivity index (χ1v) is 23.7. The monoisotopic (exact) mass is 969 g/mol. The Hall–Kier alpha value is -5.16. The number of benzene rings is 4. The number of amides is 2. The zero-order chi connectivity index (χ0) is 50.6. The van der Waals surface area contributed by atoms with E-state index in [0.29, 0.717) is 65.6 Å². The van der Waals surface area contributed by atoms with E-state index >= 15 is 0 Å². The Morgan fingerprint density at radius 3 is 1.38 bits per heavy atom. The summed E-state index contributed by atoms with van der Waals surface area (Å²) < 4.78 is 88.7. The van der Waals surface area contributed by atoms with Crippen molar-refractivity contribution in [1.29, 1.82) is 0 Å². The molecule has 0 bridgehead atoms. The van der Waals surface area contributed by atoms with Crippen molar-refractivity contribution in [3.8, 4) is 11.5 Å². The predicted octanol–water partition coefficient (Wildman–Crippen LogP) is 9.78. The number of hydrogen-bond acceptors (Lipinski definition) is 8. The second-order valence-electron chi connectivity index (χ2n) is 18.6. The van der Waals surface area contributed by atoms with E-state index in [-0.39, 0.29) is 29.0 Å². The van der Waals surface area contributed by atoms with Crippen LogP contribution in [0.5, 0.6) is 11.5 Å². The van der Waals surface area contributed by atoms with Crippen molar-refractivity contribution in [2.24, 2.45) is 0 Å². The molecular formula is C53H70F6N6O4. The van der Waals surface area contributed by atoms with Crippen LogP contribution < -0.4 is 9.47 Å². The minimum Gasteiger partial charge on any atom is -0.493 e. The van der Waals surface area contributed by atoms with Crippen molar-refractivity contribution in [3.05, 3.63) is 128 Å². The van der Waals surface area contributed by atoms with E-state index in [9.17, 15) is 35.9 Å². The third-order valence-corrected chi connectivity index (χ3v) is 13.2. The molecule has 0 radical (unpaired) electrons. The van der Waals surface area contributed by atoms with Crippen molar-refractivity contribution in [2.45, 2.75) is 72.4 Å². The molecule has 0 N–H and O–H groups in total. The molecule has 0 spiro atoms. The lowest BCUT2D eigenvalue weighted by Crippen LogP contribution is -2.49. The number of alkyl halides is 6. The Morgan fingerprint density at radius 1 is 0.551 bits per heavy atom. The van der Waals surface area contributed by atoms with Crippen LogP contribution in [0.3, 0.4) is 0 Å². The molecular weight excluding hydrogens is 899 g/mol. The van der Waals surface area contributed by atoms with Crippen molar-refractivity contribution >= 4 is 11.8 Å². The summed E-state index contributed by atoms with van der Waals surface area (Å²) in [6.45, 7) is 19.7. The largest absolute Gasteiger partial charge is 0.493 e. The van der Waals surface area contributed by atoms with Crippen LogP contribution in [0.2, 0.25) is 0 Å². The van der Waals surface area contributed by atoms with Crippen molar-refractivity contribution in [1.82, 2.24) is 29.4 Å². The second kappa shape index (κ2) is 24.6. The molecule has 2 amide bonds. The summed E-state index contributed by atoms with van der Waals surface area (Å²) in [4.78, 5) is 37.9. The average Bonchev–Trinajstić information content (AvgIpc) is 3.32. The fraction of sp³-hybridized carbons (Fsp3) is 0.509. The maximum absolute atomic E-state index is 12.8. The van der Waals surface area contributed by atoms with Crippen LogP contribution in [-0.4, -0.2) is 148 Å². The van der Waals surface area contributed by atoms with Gasteiger partial charge in [0.2, 0.25) is 0 Å². The van der Waals surface area contributed by atoms with Gasteiger partial charge in [-0.25, -0.2) is 0 Å². The number of nitrogens with zero attached hydrogens (tertiary/aromatic N) is 6. The molecule has 378 valence electrons. The van der Waals surface area contributed by atoms with E-state index in [0.717, 1.165) is 79.4 Å². The molecule has 10 nitrogen and oxygen atoms in total. The minimum absolute atomic E-state index is 0.180. The van der Waals surface area contributed by atoms with E-state index in [1.54, 1.807) is 9.80 Å². The molecule has 6 rings (SSSR count). The molecule has 1 atom stereocenters. The molecule has 69 heavy (non-hydrogen) atoms. The topological polar surface area (TPSA) is 72.0 Å². The standard InChI is InChI=1S/C27H36F3N3O2.C26H34F3N3O2/c1-19-20(2)25(35-18-6-13-31(4)5)12-11-24(19)21(3)32-14-16-33(17-15-32)26(34)22-7-9-23(10-8-22)27(28,29)30;1-19-20(2)24(34-17-5-12-30(3)4)11-8-22(19)18-31-13-15-32(16-14-31)25(33)21-6-9-23(10-7-21)26(27,28)29/h7-12,21H,6,13-18H2,1-5H3;6-11H,5,12-18H2,1-4H3/t21-;/m1./s1. The van der Waals surface area contributed by atoms with Crippen LogP contribution in [0.4, 0.5) is 26.3 Å². The zero-order valence-corrected chi connectivity index (χ0v) is 41.7. The van der Waals surface area contributed by atoms with E-state index in [2.05, 4.69) is 94.5 Å². The molecule has 0 unspecified atom stereocenters. The van der Waals surface area contributed by atoms with Gasteiger partial charge >= 0.3 is 12.4 Å². The Balaban J connectivity index is 0.000000258. The van der Waals surface area contributed by atoms with Gasteiger partial charge < -0.3 is 29.1 Å². The zero-order valence-electron chi connectivity index (χ0n) is 41.7. The summed E-state index contributed by atoms with van der Waals surface area (Å²) in [6, 6.07) is 17.4. The summed E-state index contributed by atoms with van der Waals surface area (Å²) in [5, 5.41) is 0. The summed E-state index contributed by atoms with van der Waals surface area (Å²) in [5.74, 6) is 1.39. The van der Waals surface area contributed by atoms with Gasteiger partial charge in [0.05, 0.1) is 24.3 Å². The smallest absolute Gasteiger partial charge is 0.416 e. The Bertz CT molecular complexity index is 2290. The normalized spacial score (nSPS) is 15.6. The van der Waals surface area contributed by atoms with Gasteiger partial charge in [0.25, 0.3) is 11.8 Å². The highest BCUT2D eigenvalue weighted by Gasteiger charge is 2.33. The number of hydrogen-bond donors (Lipinski definition) is 0. The molecule has 0 aromatic heterocycles. The highest BCUT2D eigenvalue weighted by molar-refractivity contribution is 5.95. The molecule has 2 heterocycles. The summed E-state index contributed by atoms with van der Waals surface area (Å²) in [7, 11) is 8.20. The quantitative estimate of drug-likeness (QED) is 0.0813. The first kappa shape index (κ1) is 54.8. The number of ether oxygens (including phenoxy) is 2. The first-order valence-electron chi connectivity index (χ1n) is 23.7. The molecule has 2 aliphatic heterocycles. The van der Waals surface area contributed by atoms with E-state index in [1.165, 1.54) is 46.5 Å². The minimum atomic E-state index is -4.41. The molecule has 0 saturated carbocycles. The van der Waals surface area contributed by atoms with Gasteiger partial charge in [0, 0.05) is 89.2 Å². The van der Waals surface area contributed by atoms with E-state index < -0.39 is 23.5 Å². The molecule has 4 aromatic carbocycles. The highest BCUT2D eigenvalue weighted by Crippen LogP contribution is 2.33. The van der Waals surface area contributed by atoms with Gasteiger partial charge in [-0.05, 0) is 170 Å². The van der Waals surface area contributed by atoms with Crippen molar-refractivity contribution in [3.63, 3.8) is 0 Å². The van der Waals surface area contributed by atoms with Crippen LogP contribution in [0, 0.1) is 27.7 Å². The fourth-order valence-corrected chi connectivity index (χ4v) is 8.56. The maximum atomic E-state index is 12.8. The highest BCUT2D eigenvalue weighted by atomic mass is 19.4. The summed E-state index contributed by atoms with van der Waals surface area (Å²) in [5.41, 5.74) is 6.29. The third-order valence-electron chi connectivity index (χ3n) is 13.2. The van der Waals surface area contributed by atoms with Crippen LogP contribution >= 0.6 is 0 Å². The van der Waals surface area contributed by atoms with Gasteiger partial charge in [-0.1, -0.05) is 12.1 Å². The van der Waals surface area contributed by atoms with Gasteiger partial charge in [-0.2, -0.15) is 26.3 Å². The molecule has 2 fully saturated rings. The van der Waals surface area contributed by atoms with Crippen LogP contribution in [-0.2, 0) is 18.9 Å². The van der Waals surface area contributed by atoms with Crippen LogP contribution in [0.1, 0.15) is 91.0 Å². The lowest BCUT2D eigenvalue weighted by molar-refractivity contribution is -0.138. The van der Waals surface area contributed by atoms with Crippen LogP contribution in [0.25, 0.3) is 0 Å². The second-order valence-corrected chi connectivity index (χ2v) is 18.6. The number of carbonyl (C=O) groups is 2. The van der Waals surface area contributed by atoms with E-state index in [1.807, 2.05) is 12.1 Å². The number of rotatable bonds is 16.